The molecule has 148 valence electrons. The van der Waals surface area contributed by atoms with Gasteiger partial charge in [-0.05, 0) is 35.4 Å². The van der Waals surface area contributed by atoms with Gasteiger partial charge in [-0.3, -0.25) is 4.79 Å². The van der Waals surface area contributed by atoms with Crippen LogP contribution in [0.3, 0.4) is 0 Å². The molecule has 0 bridgehead atoms. The van der Waals surface area contributed by atoms with Crippen molar-refractivity contribution in [2.75, 3.05) is 27.9 Å². The van der Waals surface area contributed by atoms with Crippen LogP contribution in [0.15, 0.2) is 47.6 Å². The molecule has 0 unspecified atom stereocenters. The van der Waals surface area contributed by atoms with Gasteiger partial charge in [-0.1, -0.05) is 18.2 Å². The predicted octanol–water partition coefficient (Wildman–Crippen LogP) is 1.95. The molecular formula is C20H22N2O6. The zero-order valence-corrected chi connectivity index (χ0v) is 15.9. The minimum Gasteiger partial charge on any atom is -0.493 e. The van der Waals surface area contributed by atoms with Crippen LogP contribution < -0.4 is 19.6 Å². The Kier molecular flexibility index (Phi) is 7.83. The highest BCUT2D eigenvalue weighted by Gasteiger charge is 2.08. The second-order valence-electron chi connectivity index (χ2n) is 5.60. The maximum absolute atomic E-state index is 12.1. The van der Waals surface area contributed by atoms with E-state index in [9.17, 15) is 9.59 Å². The summed E-state index contributed by atoms with van der Waals surface area (Å²) in [4.78, 5) is 23.2. The zero-order chi connectivity index (χ0) is 20.4. The number of rotatable bonds is 9. The minimum absolute atomic E-state index is 0.139. The Morgan fingerprint density at radius 2 is 1.82 bits per heavy atom. The third-order valence-electron chi connectivity index (χ3n) is 3.66. The van der Waals surface area contributed by atoms with Crippen LogP contribution in [-0.2, 0) is 20.7 Å². The van der Waals surface area contributed by atoms with Gasteiger partial charge in [0.2, 0.25) is 5.91 Å². The summed E-state index contributed by atoms with van der Waals surface area (Å²) in [5.41, 5.74) is 3.94. The molecule has 0 saturated carbocycles. The van der Waals surface area contributed by atoms with Gasteiger partial charge < -0.3 is 18.9 Å². The summed E-state index contributed by atoms with van der Waals surface area (Å²) < 4.78 is 20.2. The SMILES string of the molecule is COC(=O)COc1cccc(/C=N\NC(=O)Cc2ccc(OC)c(OC)c2)c1. The van der Waals surface area contributed by atoms with Gasteiger partial charge in [0.1, 0.15) is 5.75 Å². The number of benzene rings is 2. The molecule has 0 aromatic heterocycles. The fourth-order valence-electron chi connectivity index (χ4n) is 2.28. The molecule has 8 heteroatoms. The van der Waals surface area contributed by atoms with Crippen LogP contribution in [-0.4, -0.2) is 46.0 Å². The molecule has 28 heavy (non-hydrogen) atoms. The van der Waals surface area contributed by atoms with E-state index < -0.39 is 5.97 Å². The average molecular weight is 386 g/mol. The number of esters is 1. The molecule has 8 nitrogen and oxygen atoms in total. The van der Waals surface area contributed by atoms with E-state index in [1.807, 2.05) is 0 Å². The van der Waals surface area contributed by atoms with Crippen molar-refractivity contribution in [1.29, 1.82) is 0 Å². The molecule has 2 rings (SSSR count). The molecule has 2 aromatic carbocycles. The summed E-state index contributed by atoms with van der Waals surface area (Å²) in [5.74, 6) is 0.896. The largest absolute Gasteiger partial charge is 0.493 e. The van der Waals surface area contributed by atoms with E-state index in [-0.39, 0.29) is 18.9 Å². The fraction of sp³-hybridized carbons (Fsp3) is 0.250. The Morgan fingerprint density at radius 3 is 2.54 bits per heavy atom. The van der Waals surface area contributed by atoms with Crippen molar-refractivity contribution >= 4 is 18.1 Å². The lowest BCUT2D eigenvalue weighted by atomic mass is 10.1. The van der Waals surface area contributed by atoms with E-state index in [4.69, 9.17) is 14.2 Å². The summed E-state index contributed by atoms with van der Waals surface area (Å²) >= 11 is 0. The number of hydrogen-bond donors (Lipinski definition) is 1. The molecule has 0 spiro atoms. The number of carbonyl (C=O) groups is 2. The first-order valence-corrected chi connectivity index (χ1v) is 8.38. The van der Waals surface area contributed by atoms with E-state index in [1.165, 1.54) is 20.4 Å². The van der Waals surface area contributed by atoms with E-state index >= 15 is 0 Å². The average Bonchev–Trinajstić information content (AvgIpc) is 2.72. The first-order chi connectivity index (χ1) is 13.5. The second-order valence-corrected chi connectivity index (χ2v) is 5.60. The molecule has 0 heterocycles. The zero-order valence-electron chi connectivity index (χ0n) is 15.9. The molecule has 0 aliphatic heterocycles. The lowest BCUT2D eigenvalue weighted by Crippen LogP contribution is -2.19. The van der Waals surface area contributed by atoms with Crippen molar-refractivity contribution < 1.29 is 28.5 Å². The van der Waals surface area contributed by atoms with Gasteiger partial charge in [-0.25, -0.2) is 10.2 Å². The number of amides is 1. The lowest BCUT2D eigenvalue weighted by Gasteiger charge is -2.09. The van der Waals surface area contributed by atoms with Crippen molar-refractivity contribution in [3.05, 3.63) is 53.6 Å². The Bertz CT molecular complexity index is 850. The summed E-state index contributed by atoms with van der Waals surface area (Å²) in [5, 5.41) is 3.94. The van der Waals surface area contributed by atoms with Gasteiger partial charge in [0.05, 0.1) is 34.0 Å². The first kappa shape index (κ1) is 20.8. The van der Waals surface area contributed by atoms with Crippen LogP contribution in [0.2, 0.25) is 0 Å². The topological polar surface area (TPSA) is 95.5 Å². The summed E-state index contributed by atoms with van der Waals surface area (Å²) in [6.07, 6.45) is 1.62. The second kappa shape index (κ2) is 10.6. The molecular weight excluding hydrogens is 364 g/mol. The quantitative estimate of drug-likeness (QED) is 0.402. The highest BCUT2D eigenvalue weighted by molar-refractivity contribution is 5.83. The summed E-state index contributed by atoms with van der Waals surface area (Å²) in [7, 11) is 4.38. The van der Waals surface area contributed by atoms with Crippen molar-refractivity contribution in [3.8, 4) is 17.2 Å². The van der Waals surface area contributed by atoms with Gasteiger partial charge >= 0.3 is 5.97 Å². The minimum atomic E-state index is -0.471. The van der Waals surface area contributed by atoms with E-state index in [0.717, 1.165) is 5.56 Å². The van der Waals surface area contributed by atoms with E-state index in [2.05, 4.69) is 15.3 Å². The molecule has 2 aromatic rings. The highest BCUT2D eigenvalue weighted by Crippen LogP contribution is 2.27. The molecule has 0 radical (unpaired) electrons. The first-order valence-electron chi connectivity index (χ1n) is 8.38. The van der Waals surface area contributed by atoms with Gasteiger partial charge in [0.15, 0.2) is 18.1 Å². The van der Waals surface area contributed by atoms with E-state index in [0.29, 0.717) is 22.8 Å². The van der Waals surface area contributed by atoms with Crippen LogP contribution in [0.5, 0.6) is 17.2 Å². The maximum atomic E-state index is 12.1. The Balaban J connectivity index is 1.90. The number of methoxy groups -OCH3 is 3. The van der Waals surface area contributed by atoms with Crippen LogP contribution in [0.4, 0.5) is 0 Å². The Hall–Kier alpha value is -3.55. The molecule has 0 aliphatic carbocycles. The van der Waals surface area contributed by atoms with Crippen LogP contribution in [0, 0.1) is 0 Å². The van der Waals surface area contributed by atoms with Crippen LogP contribution >= 0.6 is 0 Å². The standard InChI is InChI=1S/C20H22N2O6/c1-25-17-8-7-14(10-18(17)26-2)11-19(23)22-21-12-15-5-4-6-16(9-15)28-13-20(24)27-3/h4-10,12H,11,13H2,1-3H3,(H,22,23)/b21-12-. The number of nitrogens with one attached hydrogen (secondary N) is 1. The van der Waals surface area contributed by atoms with Gasteiger partial charge in [-0.15, -0.1) is 0 Å². The molecule has 0 atom stereocenters. The van der Waals surface area contributed by atoms with Crippen molar-refractivity contribution in [1.82, 2.24) is 5.43 Å². The third kappa shape index (κ3) is 6.31. The smallest absolute Gasteiger partial charge is 0.343 e. The normalized spacial score (nSPS) is 10.4. The molecule has 0 fully saturated rings. The van der Waals surface area contributed by atoms with Gasteiger partial charge in [0, 0.05) is 0 Å². The number of hydrogen-bond acceptors (Lipinski definition) is 7. The Labute approximate surface area is 163 Å². The molecule has 0 saturated heterocycles. The fourth-order valence-corrected chi connectivity index (χ4v) is 2.28. The van der Waals surface area contributed by atoms with Gasteiger partial charge in [0.25, 0.3) is 0 Å². The Morgan fingerprint density at radius 1 is 1.04 bits per heavy atom. The van der Waals surface area contributed by atoms with Crippen molar-refractivity contribution in [2.24, 2.45) is 5.10 Å². The molecule has 1 amide bonds. The predicted molar refractivity (Wildman–Crippen MR) is 103 cm³/mol. The van der Waals surface area contributed by atoms with Crippen molar-refractivity contribution in [3.63, 3.8) is 0 Å². The highest BCUT2D eigenvalue weighted by atomic mass is 16.6. The number of hydrazone groups is 1. The van der Waals surface area contributed by atoms with Crippen molar-refractivity contribution in [2.45, 2.75) is 6.42 Å². The number of carbonyl (C=O) groups excluding carboxylic acids is 2. The lowest BCUT2D eigenvalue weighted by molar-refractivity contribution is -0.142. The molecule has 0 aliphatic rings. The number of nitrogens with zero attached hydrogens (tertiary/aromatic N) is 1. The van der Waals surface area contributed by atoms with Crippen LogP contribution in [0.25, 0.3) is 0 Å². The number of ether oxygens (including phenoxy) is 4. The summed E-state index contributed by atoms with van der Waals surface area (Å²) in [6, 6.07) is 12.2. The maximum Gasteiger partial charge on any atom is 0.343 e. The van der Waals surface area contributed by atoms with Gasteiger partial charge in [-0.2, -0.15) is 5.10 Å². The third-order valence-corrected chi connectivity index (χ3v) is 3.66. The molecule has 1 N–H and O–H groups in total. The summed E-state index contributed by atoms with van der Waals surface area (Å²) in [6.45, 7) is -0.181. The monoisotopic (exact) mass is 386 g/mol. The van der Waals surface area contributed by atoms with Crippen LogP contribution in [0.1, 0.15) is 11.1 Å². The van der Waals surface area contributed by atoms with E-state index in [1.54, 1.807) is 49.6 Å².